The van der Waals surface area contributed by atoms with Crippen LogP contribution in [0.3, 0.4) is 0 Å². The Balaban J connectivity index is 1.48. The molecule has 1 saturated heterocycles. The molecule has 162 valence electrons. The van der Waals surface area contributed by atoms with Crippen molar-refractivity contribution in [1.29, 1.82) is 0 Å². The van der Waals surface area contributed by atoms with Gasteiger partial charge in [0.25, 0.3) is 5.91 Å². The van der Waals surface area contributed by atoms with E-state index >= 15 is 0 Å². The van der Waals surface area contributed by atoms with Gasteiger partial charge in [-0.15, -0.1) is 11.3 Å². The number of aromatic nitrogens is 1. The monoisotopic (exact) mass is 429 g/mol. The highest BCUT2D eigenvalue weighted by Gasteiger charge is 2.43. The molecule has 0 saturated carbocycles. The van der Waals surface area contributed by atoms with Crippen molar-refractivity contribution >= 4 is 17.2 Å². The molecule has 2 aliphatic heterocycles. The zero-order chi connectivity index (χ0) is 21.5. The van der Waals surface area contributed by atoms with E-state index in [1.807, 2.05) is 44.2 Å². The molecule has 1 amide bonds. The Morgan fingerprint density at radius 1 is 1.20 bits per heavy atom. The zero-order valence-corrected chi connectivity index (χ0v) is 19.1. The van der Waals surface area contributed by atoms with E-state index in [1.165, 1.54) is 0 Å². The number of ether oxygens (including phenoxy) is 1. The van der Waals surface area contributed by atoms with Gasteiger partial charge in [-0.1, -0.05) is 0 Å². The second kappa shape index (κ2) is 8.19. The summed E-state index contributed by atoms with van der Waals surface area (Å²) >= 11 is 1.68. The van der Waals surface area contributed by atoms with Crippen molar-refractivity contribution < 1.29 is 14.6 Å². The third-order valence-electron chi connectivity index (χ3n) is 6.69. The first-order chi connectivity index (χ1) is 14.3. The molecule has 1 aromatic carbocycles. The number of carbonyl (C=O) groups is 1. The number of benzene rings is 1. The first kappa shape index (κ1) is 21.1. The largest absolute Gasteiger partial charge is 0.507 e. The Hall–Kier alpha value is -2.12. The normalized spacial score (nSPS) is 22.3. The average Bonchev–Trinajstić information content (AvgIpc) is 3.14. The number of rotatable bonds is 3. The lowest BCUT2D eigenvalue weighted by atomic mass is 9.86. The highest BCUT2D eigenvalue weighted by atomic mass is 32.1. The molecular formula is C23H31N3O3S. The summed E-state index contributed by atoms with van der Waals surface area (Å²) in [7, 11) is 0. The Labute approximate surface area is 182 Å². The lowest BCUT2D eigenvalue weighted by Gasteiger charge is -2.39. The van der Waals surface area contributed by atoms with E-state index in [4.69, 9.17) is 4.74 Å². The molecule has 3 heterocycles. The molecule has 0 aliphatic carbocycles. The first-order valence-corrected chi connectivity index (χ1v) is 11.6. The van der Waals surface area contributed by atoms with Crippen LogP contribution in [0.15, 0.2) is 11.6 Å². The fourth-order valence-electron chi connectivity index (χ4n) is 4.59. The Morgan fingerprint density at radius 2 is 2.00 bits per heavy atom. The molecule has 0 radical (unpaired) electrons. The number of hydrogen-bond donors (Lipinski definition) is 1. The molecule has 4 rings (SSSR count). The fraction of sp³-hybridized carbons (Fsp3) is 0.565. The molecule has 6 nitrogen and oxygen atoms in total. The summed E-state index contributed by atoms with van der Waals surface area (Å²) in [4.78, 5) is 22.3. The van der Waals surface area contributed by atoms with Crippen LogP contribution in [-0.4, -0.2) is 57.6 Å². The van der Waals surface area contributed by atoms with Crippen molar-refractivity contribution in [3.63, 3.8) is 0 Å². The summed E-state index contributed by atoms with van der Waals surface area (Å²) in [5, 5.41) is 13.5. The van der Waals surface area contributed by atoms with Crippen LogP contribution in [0.5, 0.6) is 11.5 Å². The molecule has 2 aromatic rings. The Morgan fingerprint density at radius 3 is 2.73 bits per heavy atom. The van der Waals surface area contributed by atoms with Crippen LogP contribution < -0.4 is 4.74 Å². The number of thiazole rings is 1. The van der Waals surface area contributed by atoms with E-state index in [1.54, 1.807) is 11.3 Å². The maximum absolute atomic E-state index is 13.5. The highest BCUT2D eigenvalue weighted by Crippen LogP contribution is 2.43. The molecule has 1 fully saturated rings. The molecule has 30 heavy (non-hydrogen) atoms. The van der Waals surface area contributed by atoms with Crippen molar-refractivity contribution in [1.82, 2.24) is 14.8 Å². The lowest BCUT2D eigenvalue weighted by molar-refractivity contribution is -0.148. The average molecular weight is 430 g/mol. The summed E-state index contributed by atoms with van der Waals surface area (Å²) in [6, 6.07) is 0. The SMILES string of the molecule is Cc1c(C)c2c(c(C)c1O)CCC(C)(C(=O)N1CCCN(Cc3nccs3)CC1)O2. The number of carbonyl (C=O) groups excluding carboxylic acids is 1. The topological polar surface area (TPSA) is 65.9 Å². The summed E-state index contributed by atoms with van der Waals surface area (Å²) in [5.74, 6) is 1.20. The van der Waals surface area contributed by atoms with E-state index in [2.05, 4.69) is 9.88 Å². The molecule has 1 atom stereocenters. The van der Waals surface area contributed by atoms with Crippen molar-refractivity contribution in [2.45, 2.75) is 59.1 Å². The van der Waals surface area contributed by atoms with Crippen LogP contribution in [0.1, 0.15) is 47.0 Å². The van der Waals surface area contributed by atoms with Crippen molar-refractivity contribution in [3.8, 4) is 11.5 Å². The second-order valence-electron chi connectivity index (χ2n) is 8.71. The van der Waals surface area contributed by atoms with E-state index in [0.717, 1.165) is 72.0 Å². The molecule has 0 spiro atoms. The molecule has 1 aromatic heterocycles. The van der Waals surface area contributed by atoms with Gasteiger partial charge in [-0.3, -0.25) is 9.69 Å². The third kappa shape index (κ3) is 3.81. The van der Waals surface area contributed by atoms with E-state index in [-0.39, 0.29) is 5.91 Å². The Bertz CT molecular complexity index is 944. The quantitative estimate of drug-likeness (QED) is 0.808. The minimum absolute atomic E-state index is 0.0760. The summed E-state index contributed by atoms with van der Waals surface area (Å²) in [6.07, 6.45) is 4.16. The van der Waals surface area contributed by atoms with Crippen molar-refractivity contribution in [2.24, 2.45) is 0 Å². The molecule has 1 N–H and O–H groups in total. The number of fused-ring (bicyclic) bond motifs is 1. The van der Waals surface area contributed by atoms with Gasteiger partial charge in [-0.25, -0.2) is 4.98 Å². The van der Waals surface area contributed by atoms with Gasteiger partial charge >= 0.3 is 0 Å². The van der Waals surface area contributed by atoms with Gasteiger partial charge in [0.2, 0.25) is 0 Å². The number of hydrogen-bond acceptors (Lipinski definition) is 6. The minimum atomic E-state index is -0.863. The van der Waals surface area contributed by atoms with E-state index in [9.17, 15) is 9.90 Å². The third-order valence-corrected chi connectivity index (χ3v) is 7.45. The number of aromatic hydroxyl groups is 1. The Kier molecular flexibility index (Phi) is 5.77. The van der Waals surface area contributed by atoms with Gasteiger partial charge in [0.15, 0.2) is 5.60 Å². The predicted molar refractivity (Wildman–Crippen MR) is 118 cm³/mol. The number of phenols is 1. The maximum Gasteiger partial charge on any atom is 0.266 e. The fourth-order valence-corrected chi connectivity index (χ4v) is 5.24. The van der Waals surface area contributed by atoms with Crippen LogP contribution in [0, 0.1) is 20.8 Å². The zero-order valence-electron chi connectivity index (χ0n) is 18.3. The highest BCUT2D eigenvalue weighted by molar-refractivity contribution is 7.09. The maximum atomic E-state index is 13.5. The standard InChI is InChI=1S/C23H31N3O3S/c1-15-16(2)21-18(17(3)20(15)27)6-7-23(4,29-21)22(28)26-10-5-9-25(11-12-26)14-19-24-8-13-30-19/h8,13,27H,5-7,9-12,14H2,1-4H3. The molecule has 7 heteroatoms. The molecule has 2 aliphatic rings. The molecular weight excluding hydrogens is 398 g/mol. The molecule has 0 bridgehead atoms. The summed E-state index contributed by atoms with van der Waals surface area (Å²) in [6.45, 7) is 11.9. The van der Waals surface area contributed by atoms with Crippen LogP contribution >= 0.6 is 11.3 Å². The van der Waals surface area contributed by atoms with Crippen molar-refractivity contribution in [2.75, 3.05) is 26.2 Å². The van der Waals surface area contributed by atoms with Crippen LogP contribution in [0.2, 0.25) is 0 Å². The molecule has 1 unspecified atom stereocenters. The van der Waals surface area contributed by atoms with Gasteiger partial charge < -0.3 is 14.7 Å². The summed E-state index contributed by atoms with van der Waals surface area (Å²) < 4.78 is 6.41. The van der Waals surface area contributed by atoms with Gasteiger partial charge in [-0.2, -0.15) is 0 Å². The van der Waals surface area contributed by atoms with E-state index < -0.39 is 5.60 Å². The predicted octanol–water partition coefficient (Wildman–Crippen LogP) is 3.59. The lowest BCUT2D eigenvalue weighted by Crippen LogP contribution is -2.53. The number of amides is 1. The first-order valence-electron chi connectivity index (χ1n) is 10.7. The van der Waals surface area contributed by atoms with E-state index in [0.29, 0.717) is 18.7 Å². The van der Waals surface area contributed by atoms with Gasteiger partial charge in [0.1, 0.15) is 16.5 Å². The van der Waals surface area contributed by atoms with Gasteiger partial charge in [0.05, 0.1) is 6.54 Å². The van der Waals surface area contributed by atoms with Crippen LogP contribution in [-0.2, 0) is 17.8 Å². The smallest absolute Gasteiger partial charge is 0.266 e. The van der Waals surface area contributed by atoms with Gasteiger partial charge in [-0.05, 0) is 57.2 Å². The minimum Gasteiger partial charge on any atom is -0.507 e. The number of phenolic OH excluding ortho intramolecular Hbond substituents is 1. The summed E-state index contributed by atoms with van der Waals surface area (Å²) in [5.41, 5.74) is 2.80. The van der Waals surface area contributed by atoms with Crippen LogP contribution in [0.25, 0.3) is 0 Å². The second-order valence-corrected chi connectivity index (χ2v) is 9.69. The van der Waals surface area contributed by atoms with Crippen LogP contribution in [0.4, 0.5) is 0 Å². The number of nitrogens with zero attached hydrogens (tertiary/aromatic N) is 3. The van der Waals surface area contributed by atoms with Gasteiger partial charge in [0, 0.05) is 49.7 Å². The van der Waals surface area contributed by atoms with Crippen molar-refractivity contribution in [3.05, 3.63) is 38.8 Å².